The van der Waals surface area contributed by atoms with Gasteiger partial charge in [0.2, 0.25) is 0 Å². The molecule has 0 saturated heterocycles. The predicted molar refractivity (Wildman–Crippen MR) is 381 cm³/mol. The Bertz CT molecular complexity index is 1850. The first-order chi connectivity index (χ1) is 43.0. The van der Waals surface area contributed by atoms with Crippen LogP contribution in [-0.4, -0.2) is 74.9 Å². The van der Waals surface area contributed by atoms with E-state index in [0.29, 0.717) is 17.4 Å². The van der Waals surface area contributed by atoms with E-state index in [4.69, 9.17) is 18.5 Å². The van der Waals surface area contributed by atoms with Crippen molar-refractivity contribution in [2.45, 2.75) is 328 Å². The fourth-order valence-corrected chi connectivity index (χ4v) is 10.9. The van der Waals surface area contributed by atoms with Crippen LogP contribution in [0.5, 0.6) is 0 Å². The van der Waals surface area contributed by atoms with E-state index in [1.165, 1.54) is 199 Å². The van der Waals surface area contributed by atoms with E-state index >= 15 is 0 Å². The van der Waals surface area contributed by atoms with Crippen LogP contribution < -0.4 is 0 Å². The van der Waals surface area contributed by atoms with Gasteiger partial charge in [0.25, 0.3) is 0 Å². The van der Waals surface area contributed by atoms with Crippen molar-refractivity contribution < 1.29 is 42.1 Å². The van der Waals surface area contributed by atoms with Crippen molar-refractivity contribution in [1.29, 1.82) is 0 Å². The summed E-state index contributed by atoms with van der Waals surface area (Å²) in [6, 6.07) is 0. The van der Waals surface area contributed by atoms with Gasteiger partial charge in [-0.15, -0.1) is 0 Å². The summed E-state index contributed by atoms with van der Waals surface area (Å²) in [4.78, 5) is 35.9. The second-order valence-corrected chi connectivity index (χ2v) is 27.0. The third-order valence-electron chi connectivity index (χ3n) is 15.8. The molecule has 0 aliphatic carbocycles. The highest BCUT2D eigenvalue weighted by molar-refractivity contribution is 7.47. The minimum Gasteiger partial charge on any atom is -0.462 e. The number of esters is 2. The molecule has 0 bridgehead atoms. The fourth-order valence-electron chi connectivity index (χ4n) is 10.2. The SMILES string of the molecule is CC/C=C\C/C=C\C/C=C\C/C=C\C/C=C\C/C=C\C/C=C\CCCCCC(=O)OC(COC(=O)CCCCCCCCCCCCCCCCCCCCCCCCCCCCC/C=C\C/C=C\CCCCCCC)COP(=O)(O)OCC[N+](C)(C)C. The van der Waals surface area contributed by atoms with Crippen molar-refractivity contribution in [3.05, 3.63) is 109 Å². The van der Waals surface area contributed by atoms with E-state index in [9.17, 15) is 19.0 Å². The molecule has 0 amide bonds. The number of phosphoric ester groups is 1. The number of allylic oxidation sites excluding steroid dienone is 18. The summed E-state index contributed by atoms with van der Waals surface area (Å²) >= 11 is 0. The van der Waals surface area contributed by atoms with Crippen molar-refractivity contribution in [1.82, 2.24) is 0 Å². The zero-order chi connectivity index (χ0) is 64.1. The molecule has 9 nitrogen and oxygen atoms in total. The number of unbranched alkanes of at least 4 members (excludes halogenated alkanes) is 35. The molecular formula is C78H139NO8P+. The van der Waals surface area contributed by atoms with Gasteiger partial charge in [-0.1, -0.05) is 316 Å². The summed E-state index contributed by atoms with van der Waals surface area (Å²) < 4.78 is 34.7. The summed E-state index contributed by atoms with van der Waals surface area (Å²) in [5.74, 6) is -0.831. The standard InChI is InChI=1S/C78H138NO8P/c1-6-8-10-12-14-16-18-20-22-24-26-28-30-32-33-34-35-36-37-38-39-40-41-42-43-44-45-47-48-50-52-54-56-58-60-62-64-66-68-70-77(80)84-74-76(75-86-88(82,83)85-73-72-79(3,4)5)87-78(81)71-69-67-65-63-61-59-57-55-53-51-49-46-31-29-27-25-23-21-19-17-15-13-11-9-7-2/h9,11,15,17-18,20-21,23-24,26-27,29,46,49,53,55,59,61,76H,6-8,10,12-14,16,19,22,25,28,30-45,47-48,50-52,54,56-58,60,62-75H2,1-5H3/p+1/b11-9-,17-15-,20-18-,23-21-,26-24-,29-27-,49-46-,55-53-,61-59-. The Morgan fingerprint density at radius 2 is 0.648 bits per heavy atom. The molecule has 508 valence electrons. The van der Waals surface area contributed by atoms with Gasteiger partial charge in [0, 0.05) is 12.8 Å². The lowest BCUT2D eigenvalue weighted by atomic mass is 10.0. The minimum atomic E-state index is -4.41. The van der Waals surface area contributed by atoms with Crippen LogP contribution in [0.3, 0.4) is 0 Å². The Morgan fingerprint density at radius 1 is 0.364 bits per heavy atom. The first-order valence-corrected chi connectivity index (χ1v) is 38.1. The third-order valence-corrected chi connectivity index (χ3v) is 16.8. The van der Waals surface area contributed by atoms with Gasteiger partial charge in [-0.3, -0.25) is 18.6 Å². The fraction of sp³-hybridized carbons (Fsp3) is 0.744. The van der Waals surface area contributed by atoms with Crippen LogP contribution in [0, 0.1) is 0 Å². The molecule has 0 aromatic carbocycles. The molecule has 2 unspecified atom stereocenters. The molecule has 1 N–H and O–H groups in total. The second-order valence-electron chi connectivity index (χ2n) is 25.6. The number of ether oxygens (including phenoxy) is 2. The highest BCUT2D eigenvalue weighted by atomic mass is 31.2. The van der Waals surface area contributed by atoms with Gasteiger partial charge in [-0.05, 0) is 103 Å². The number of hydrogen-bond donors (Lipinski definition) is 1. The van der Waals surface area contributed by atoms with Gasteiger partial charge in [-0.25, -0.2) is 4.57 Å². The number of carbonyl (C=O) groups is 2. The van der Waals surface area contributed by atoms with Gasteiger partial charge < -0.3 is 18.9 Å². The molecule has 0 aromatic rings. The van der Waals surface area contributed by atoms with E-state index in [0.717, 1.165) is 89.9 Å². The van der Waals surface area contributed by atoms with Crippen LogP contribution in [0.1, 0.15) is 322 Å². The molecule has 0 heterocycles. The van der Waals surface area contributed by atoms with E-state index in [1.807, 2.05) is 21.1 Å². The number of rotatable bonds is 67. The van der Waals surface area contributed by atoms with Gasteiger partial charge >= 0.3 is 19.8 Å². The number of phosphoric acid groups is 1. The van der Waals surface area contributed by atoms with Crippen molar-refractivity contribution >= 4 is 19.8 Å². The maximum atomic E-state index is 12.9. The zero-order valence-corrected chi connectivity index (χ0v) is 58.8. The van der Waals surface area contributed by atoms with Crippen LogP contribution in [0.25, 0.3) is 0 Å². The van der Waals surface area contributed by atoms with Crippen LogP contribution in [0.2, 0.25) is 0 Å². The molecule has 0 aliphatic rings. The van der Waals surface area contributed by atoms with Crippen molar-refractivity contribution in [2.75, 3.05) is 47.5 Å². The largest absolute Gasteiger partial charge is 0.472 e. The Labute approximate surface area is 544 Å². The lowest BCUT2D eigenvalue weighted by Crippen LogP contribution is -2.37. The lowest BCUT2D eigenvalue weighted by molar-refractivity contribution is -0.870. The first kappa shape index (κ1) is 84.7. The van der Waals surface area contributed by atoms with E-state index in [-0.39, 0.29) is 32.0 Å². The van der Waals surface area contributed by atoms with Gasteiger partial charge in [-0.2, -0.15) is 0 Å². The quantitative estimate of drug-likeness (QED) is 0.0211. The number of nitrogens with zero attached hydrogens (tertiary/aromatic N) is 1. The molecule has 10 heteroatoms. The van der Waals surface area contributed by atoms with Crippen LogP contribution >= 0.6 is 7.82 Å². The van der Waals surface area contributed by atoms with Crippen molar-refractivity contribution in [2.24, 2.45) is 0 Å². The lowest BCUT2D eigenvalue weighted by Gasteiger charge is -2.24. The Balaban J connectivity index is 4.00. The van der Waals surface area contributed by atoms with Crippen LogP contribution in [0.4, 0.5) is 0 Å². The van der Waals surface area contributed by atoms with E-state index in [1.54, 1.807) is 0 Å². The smallest absolute Gasteiger partial charge is 0.462 e. The molecule has 2 atom stereocenters. The third kappa shape index (κ3) is 71.7. The summed E-state index contributed by atoms with van der Waals surface area (Å²) in [6.45, 7) is 4.29. The highest BCUT2D eigenvalue weighted by Crippen LogP contribution is 2.43. The Morgan fingerprint density at radius 3 is 0.977 bits per heavy atom. The van der Waals surface area contributed by atoms with Crippen molar-refractivity contribution in [3.8, 4) is 0 Å². The summed E-state index contributed by atoms with van der Waals surface area (Å²) in [5.41, 5.74) is 0. The highest BCUT2D eigenvalue weighted by Gasteiger charge is 2.27. The van der Waals surface area contributed by atoms with Crippen molar-refractivity contribution in [3.63, 3.8) is 0 Å². The predicted octanol–water partition coefficient (Wildman–Crippen LogP) is 24.1. The maximum absolute atomic E-state index is 12.9. The zero-order valence-electron chi connectivity index (χ0n) is 57.9. The van der Waals surface area contributed by atoms with E-state index in [2.05, 4.69) is 123 Å². The van der Waals surface area contributed by atoms with Gasteiger partial charge in [0.15, 0.2) is 6.10 Å². The van der Waals surface area contributed by atoms with E-state index < -0.39 is 26.5 Å². The Hall–Kier alpha value is -3.33. The minimum absolute atomic E-state index is 0.0208. The molecule has 0 aliphatic heterocycles. The molecule has 88 heavy (non-hydrogen) atoms. The topological polar surface area (TPSA) is 108 Å². The molecule has 0 saturated carbocycles. The molecule has 0 aromatic heterocycles. The molecule has 0 spiro atoms. The monoisotopic (exact) mass is 1250 g/mol. The average molecular weight is 1250 g/mol. The normalized spacial score (nSPS) is 13.8. The average Bonchev–Trinajstić information content (AvgIpc) is 3.57. The van der Waals surface area contributed by atoms with Crippen LogP contribution in [-0.2, 0) is 32.7 Å². The number of hydrogen-bond acceptors (Lipinski definition) is 7. The summed E-state index contributed by atoms with van der Waals surface area (Å²) in [5, 5.41) is 0. The first-order valence-electron chi connectivity index (χ1n) is 36.6. The molecule has 0 fully saturated rings. The molecular weight excluding hydrogens is 1110 g/mol. The second kappa shape index (κ2) is 68.0. The van der Waals surface area contributed by atoms with Gasteiger partial charge in [0.1, 0.15) is 19.8 Å². The maximum Gasteiger partial charge on any atom is 0.472 e. The number of carbonyl (C=O) groups excluding carboxylic acids is 2. The van der Waals surface area contributed by atoms with Gasteiger partial charge in [0.05, 0.1) is 27.7 Å². The summed E-state index contributed by atoms with van der Waals surface area (Å²) in [6.07, 6.45) is 96.5. The van der Waals surface area contributed by atoms with Crippen LogP contribution in [0.15, 0.2) is 109 Å². The molecule has 0 rings (SSSR count). The summed E-state index contributed by atoms with van der Waals surface area (Å²) in [7, 11) is 1.45. The Kier molecular flexibility index (Phi) is 65.5. The number of likely N-dealkylation sites (N-methyl/N-ethyl adjacent to an activating group) is 1. The number of quaternary nitrogens is 1. The molecule has 0 radical (unpaired) electrons.